The number of aryl methyl sites for hydroxylation is 1. The van der Waals surface area contributed by atoms with Crippen LogP contribution in [0.3, 0.4) is 0 Å². The lowest BCUT2D eigenvalue weighted by atomic mass is 10.0. The number of nitrogens with one attached hydrogen (secondary N) is 1. The van der Waals surface area contributed by atoms with Crippen LogP contribution in [-0.2, 0) is 16.4 Å². The molecule has 1 aromatic heterocycles. The Labute approximate surface area is 162 Å². The summed E-state index contributed by atoms with van der Waals surface area (Å²) in [7, 11) is -3.42. The van der Waals surface area contributed by atoms with Gasteiger partial charge in [0.1, 0.15) is 0 Å². The predicted octanol–water partition coefficient (Wildman–Crippen LogP) is 3.62. The molecule has 0 amide bonds. The van der Waals surface area contributed by atoms with Crippen LogP contribution in [0.5, 0.6) is 0 Å². The van der Waals surface area contributed by atoms with Gasteiger partial charge >= 0.3 is 0 Å². The number of benzene rings is 1. The van der Waals surface area contributed by atoms with Crippen LogP contribution in [0.4, 0.5) is 11.6 Å². The largest absolute Gasteiger partial charge is 0.352 e. The summed E-state index contributed by atoms with van der Waals surface area (Å²) >= 11 is 0. The lowest BCUT2D eigenvalue weighted by molar-refractivity contribution is 0.445. The molecule has 0 bridgehead atoms. The lowest BCUT2D eigenvalue weighted by Gasteiger charge is -2.35. The van der Waals surface area contributed by atoms with Gasteiger partial charge in [-0.25, -0.2) is 8.42 Å². The molecule has 1 aromatic carbocycles. The number of nitrogens with zero attached hydrogens (tertiary/aromatic N) is 3. The number of aromatic nitrogens is 2. The fourth-order valence-electron chi connectivity index (χ4n) is 3.58. The summed E-state index contributed by atoms with van der Waals surface area (Å²) in [6, 6.07) is 14.0. The molecule has 0 spiro atoms. The molecule has 2 aromatic rings. The zero-order valence-electron chi connectivity index (χ0n) is 15.8. The predicted molar refractivity (Wildman–Crippen MR) is 109 cm³/mol. The van der Waals surface area contributed by atoms with Gasteiger partial charge in [0.05, 0.1) is 5.75 Å². The molecule has 27 heavy (non-hydrogen) atoms. The van der Waals surface area contributed by atoms with Crippen molar-refractivity contribution in [3.05, 3.63) is 48.0 Å². The number of anilines is 2. The van der Waals surface area contributed by atoms with Crippen LogP contribution in [0.15, 0.2) is 42.5 Å². The van der Waals surface area contributed by atoms with Gasteiger partial charge in [-0.2, -0.15) is 0 Å². The standard InChI is InChI=1S/C20H28N4O2S/c1-2-18-12-6-7-15-24(18)20-14-13-19(21-22-20)23-27(25,26)16-8-11-17-9-4-3-5-10-17/h3-5,9-10,13-14,18H,2,6-8,11-12,15-16H2,1H3,(H,21,23). The van der Waals surface area contributed by atoms with Gasteiger partial charge in [0.15, 0.2) is 11.6 Å². The fraction of sp³-hybridized carbons (Fsp3) is 0.500. The summed E-state index contributed by atoms with van der Waals surface area (Å²) in [5, 5.41) is 8.35. The Morgan fingerprint density at radius 3 is 2.63 bits per heavy atom. The van der Waals surface area contributed by atoms with Crippen molar-refractivity contribution < 1.29 is 8.42 Å². The molecule has 0 aliphatic carbocycles. The molecular formula is C20H28N4O2S. The van der Waals surface area contributed by atoms with Gasteiger partial charge in [-0.15, -0.1) is 10.2 Å². The molecular weight excluding hydrogens is 360 g/mol. The van der Waals surface area contributed by atoms with E-state index in [2.05, 4.69) is 26.7 Å². The van der Waals surface area contributed by atoms with Gasteiger partial charge in [-0.1, -0.05) is 37.3 Å². The van der Waals surface area contributed by atoms with Gasteiger partial charge in [0.25, 0.3) is 0 Å². The molecule has 1 unspecified atom stereocenters. The van der Waals surface area contributed by atoms with E-state index in [1.807, 2.05) is 36.4 Å². The number of hydrogen-bond donors (Lipinski definition) is 1. The first-order valence-corrected chi connectivity index (χ1v) is 11.4. The minimum absolute atomic E-state index is 0.0648. The molecule has 0 radical (unpaired) electrons. The Bertz CT molecular complexity index is 810. The van der Waals surface area contributed by atoms with Crippen LogP contribution in [0, 0.1) is 0 Å². The summed E-state index contributed by atoms with van der Waals surface area (Å²) < 4.78 is 27.1. The maximum Gasteiger partial charge on any atom is 0.233 e. The van der Waals surface area contributed by atoms with Crippen molar-refractivity contribution in [2.45, 2.75) is 51.5 Å². The van der Waals surface area contributed by atoms with Gasteiger partial charge < -0.3 is 4.90 Å². The van der Waals surface area contributed by atoms with Gasteiger partial charge in [0.2, 0.25) is 10.0 Å². The highest BCUT2D eigenvalue weighted by Gasteiger charge is 2.22. The normalized spacial score (nSPS) is 17.7. The number of rotatable bonds is 8. The van der Waals surface area contributed by atoms with E-state index in [1.165, 1.54) is 12.8 Å². The summed E-state index contributed by atoms with van der Waals surface area (Å²) in [4.78, 5) is 2.29. The Hall–Kier alpha value is -2.15. The van der Waals surface area contributed by atoms with E-state index in [0.717, 1.165) is 37.2 Å². The molecule has 7 heteroatoms. The second-order valence-electron chi connectivity index (χ2n) is 7.04. The Morgan fingerprint density at radius 1 is 1.11 bits per heavy atom. The number of piperidine rings is 1. The average Bonchev–Trinajstić information content (AvgIpc) is 2.69. The van der Waals surface area contributed by atoms with Crippen molar-refractivity contribution in [1.82, 2.24) is 10.2 Å². The van der Waals surface area contributed by atoms with Crippen LogP contribution in [0.1, 0.15) is 44.6 Å². The molecule has 2 heterocycles. The van der Waals surface area contributed by atoms with Crippen LogP contribution in [-0.4, -0.2) is 37.0 Å². The highest BCUT2D eigenvalue weighted by Crippen LogP contribution is 2.25. The summed E-state index contributed by atoms with van der Waals surface area (Å²) in [5.74, 6) is 1.17. The van der Waals surface area contributed by atoms with Gasteiger partial charge in [-0.05, 0) is 56.2 Å². The summed E-state index contributed by atoms with van der Waals surface area (Å²) in [5.41, 5.74) is 1.14. The smallest absolute Gasteiger partial charge is 0.233 e. The number of hydrogen-bond acceptors (Lipinski definition) is 5. The average molecular weight is 389 g/mol. The summed E-state index contributed by atoms with van der Waals surface area (Å²) in [6.45, 7) is 3.17. The minimum Gasteiger partial charge on any atom is -0.352 e. The maximum atomic E-state index is 12.3. The first kappa shape index (κ1) is 19.6. The Kier molecular flexibility index (Phi) is 6.66. The van der Waals surface area contributed by atoms with E-state index in [0.29, 0.717) is 12.5 Å². The van der Waals surface area contributed by atoms with Crippen LogP contribution in [0.2, 0.25) is 0 Å². The second kappa shape index (κ2) is 9.17. The highest BCUT2D eigenvalue weighted by atomic mass is 32.2. The first-order valence-electron chi connectivity index (χ1n) is 9.72. The Balaban J connectivity index is 1.55. The molecule has 1 aliphatic heterocycles. The van der Waals surface area contributed by atoms with E-state index in [-0.39, 0.29) is 11.6 Å². The minimum atomic E-state index is -3.42. The van der Waals surface area contributed by atoms with Crippen LogP contribution >= 0.6 is 0 Å². The molecule has 0 saturated carbocycles. The monoisotopic (exact) mass is 388 g/mol. The number of sulfonamides is 1. The van der Waals surface area contributed by atoms with E-state index in [9.17, 15) is 8.42 Å². The van der Waals surface area contributed by atoms with E-state index in [4.69, 9.17) is 0 Å². The third-order valence-electron chi connectivity index (χ3n) is 5.02. The SMILES string of the molecule is CCC1CCCCN1c1ccc(NS(=O)(=O)CCCc2ccccc2)nn1. The zero-order chi connectivity index (χ0) is 19.1. The summed E-state index contributed by atoms with van der Waals surface area (Å²) in [6.07, 6.45) is 5.97. The van der Waals surface area contributed by atoms with Crippen molar-refractivity contribution in [2.75, 3.05) is 21.9 Å². The van der Waals surface area contributed by atoms with Crippen molar-refractivity contribution in [2.24, 2.45) is 0 Å². The molecule has 1 saturated heterocycles. The molecule has 1 atom stereocenters. The lowest BCUT2D eigenvalue weighted by Crippen LogP contribution is -2.39. The van der Waals surface area contributed by atoms with Crippen molar-refractivity contribution >= 4 is 21.7 Å². The third kappa shape index (κ3) is 5.66. The van der Waals surface area contributed by atoms with Crippen molar-refractivity contribution in [1.29, 1.82) is 0 Å². The quantitative estimate of drug-likeness (QED) is 0.747. The van der Waals surface area contributed by atoms with Gasteiger partial charge in [-0.3, -0.25) is 4.72 Å². The van der Waals surface area contributed by atoms with Crippen molar-refractivity contribution in [3.8, 4) is 0 Å². The van der Waals surface area contributed by atoms with E-state index in [1.54, 1.807) is 6.07 Å². The fourth-order valence-corrected chi connectivity index (χ4v) is 4.63. The zero-order valence-corrected chi connectivity index (χ0v) is 16.7. The van der Waals surface area contributed by atoms with E-state index >= 15 is 0 Å². The molecule has 1 aliphatic rings. The van der Waals surface area contributed by atoms with E-state index < -0.39 is 10.0 Å². The van der Waals surface area contributed by atoms with Crippen LogP contribution in [0.25, 0.3) is 0 Å². The molecule has 1 N–H and O–H groups in total. The van der Waals surface area contributed by atoms with Crippen molar-refractivity contribution in [3.63, 3.8) is 0 Å². The molecule has 1 fully saturated rings. The molecule has 6 nitrogen and oxygen atoms in total. The first-order chi connectivity index (χ1) is 13.1. The van der Waals surface area contributed by atoms with Crippen LogP contribution < -0.4 is 9.62 Å². The molecule has 3 rings (SSSR count). The Morgan fingerprint density at radius 2 is 1.93 bits per heavy atom. The van der Waals surface area contributed by atoms with Gasteiger partial charge in [0, 0.05) is 12.6 Å². The molecule has 146 valence electrons. The second-order valence-corrected chi connectivity index (χ2v) is 8.88. The highest BCUT2D eigenvalue weighted by molar-refractivity contribution is 7.92. The third-order valence-corrected chi connectivity index (χ3v) is 6.37. The topological polar surface area (TPSA) is 75.2 Å². The maximum absolute atomic E-state index is 12.3.